The molecule has 1 aliphatic heterocycles. The van der Waals surface area contributed by atoms with Crippen LogP contribution < -0.4 is 19.5 Å². The highest BCUT2D eigenvalue weighted by Crippen LogP contribution is 2.40. The molecule has 0 aromatic heterocycles. The molecule has 0 saturated carbocycles. The van der Waals surface area contributed by atoms with E-state index in [2.05, 4.69) is 5.32 Å². The van der Waals surface area contributed by atoms with Gasteiger partial charge in [0.1, 0.15) is 6.10 Å². The lowest BCUT2D eigenvalue weighted by Crippen LogP contribution is -2.36. The van der Waals surface area contributed by atoms with Gasteiger partial charge in [-0.1, -0.05) is 23.7 Å². The van der Waals surface area contributed by atoms with E-state index in [-0.39, 0.29) is 11.8 Å². The van der Waals surface area contributed by atoms with Crippen molar-refractivity contribution in [3.63, 3.8) is 0 Å². The summed E-state index contributed by atoms with van der Waals surface area (Å²) in [6, 6.07) is 10.7. The molecule has 29 heavy (non-hydrogen) atoms. The maximum absolute atomic E-state index is 13.1. The second-order valence-corrected chi connectivity index (χ2v) is 7.65. The molecule has 0 radical (unpaired) electrons. The van der Waals surface area contributed by atoms with E-state index >= 15 is 0 Å². The Morgan fingerprint density at radius 3 is 2.38 bits per heavy atom. The number of aliphatic hydroxyl groups excluding tert-OH is 1. The van der Waals surface area contributed by atoms with Crippen molar-refractivity contribution in [2.75, 3.05) is 34.4 Å². The Bertz CT molecular complexity index is 854. The Kier molecular flexibility index (Phi) is 6.67. The molecule has 6 nitrogen and oxygen atoms in total. The molecule has 1 aliphatic rings. The highest BCUT2D eigenvalue weighted by Gasteiger charge is 2.39. The van der Waals surface area contributed by atoms with Crippen LogP contribution in [0.1, 0.15) is 28.8 Å². The molecule has 0 amide bonds. The number of aliphatic hydroxyl groups is 1. The number of nitrogens with one attached hydrogen (secondary N) is 1. The molecule has 2 unspecified atom stereocenters. The van der Waals surface area contributed by atoms with Gasteiger partial charge in [-0.25, -0.2) is 0 Å². The molecule has 0 spiro atoms. The number of carbonyl (C=O) groups is 1. The first-order valence-electron chi connectivity index (χ1n) is 9.43. The van der Waals surface area contributed by atoms with E-state index in [4.69, 9.17) is 25.8 Å². The first kappa shape index (κ1) is 21.4. The Morgan fingerprint density at radius 1 is 1.17 bits per heavy atom. The summed E-state index contributed by atoms with van der Waals surface area (Å²) >= 11 is 6.19. The minimum Gasteiger partial charge on any atom is -0.493 e. The molecular formula is C22H26ClNO5. The average Bonchev–Trinajstić information content (AvgIpc) is 3.21. The Morgan fingerprint density at radius 2 is 1.86 bits per heavy atom. The van der Waals surface area contributed by atoms with Crippen LogP contribution in [0.5, 0.6) is 17.2 Å². The van der Waals surface area contributed by atoms with E-state index < -0.39 is 11.9 Å². The normalized spacial score (nSPS) is 19.6. The fourth-order valence-electron chi connectivity index (χ4n) is 3.98. The molecule has 2 aromatic carbocycles. The molecule has 1 saturated heterocycles. The zero-order chi connectivity index (χ0) is 21.0. The molecule has 0 bridgehead atoms. The third-order valence-electron chi connectivity index (χ3n) is 5.52. The summed E-state index contributed by atoms with van der Waals surface area (Å²) in [7, 11) is 4.47. The molecule has 156 valence electrons. The fraction of sp³-hybridized carbons (Fsp3) is 0.409. The van der Waals surface area contributed by atoms with Crippen molar-refractivity contribution < 1.29 is 24.1 Å². The van der Waals surface area contributed by atoms with Gasteiger partial charge in [-0.2, -0.15) is 0 Å². The zero-order valence-corrected chi connectivity index (χ0v) is 17.6. The summed E-state index contributed by atoms with van der Waals surface area (Å²) in [6.45, 7) is 1.49. The minimum absolute atomic E-state index is 0.288. The number of rotatable bonds is 8. The predicted octanol–water partition coefficient (Wildman–Crippen LogP) is 3.23. The highest BCUT2D eigenvalue weighted by molar-refractivity contribution is 6.30. The quantitative estimate of drug-likeness (QED) is 0.640. The number of hydrogen-bond acceptors (Lipinski definition) is 6. The maximum atomic E-state index is 13.1. The van der Waals surface area contributed by atoms with Crippen LogP contribution in [0.3, 0.4) is 0 Å². The first-order chi connectivity index (χ1) is 13.9. The van der Waals surface area contributed by atoms with E-state index in [1.165, 1.54) is 21.3 Å². The van der Waals surface area contributed by atoms with Crippen LogP contribution in [-0.2, 0) is 5.41 Å². The van der Waals surface area contributed by atoms with Crippen LogP contribution in [0.4, 0.5) is 0 Å². The van der Waals surface area contributed by atoms with Crippen LogP contribution in [0.15, 0.2) is 36.4 Å². The molecular weight excluding hydrogens is 394 g/mol. The lowest BCUT2D eigenvalue weighted by Gasteiger charge is -2.31. The van der Waals surface area contributed by atoms with Gasteiger partial charge in [-0.05, 0) is 49.2 Å². The van der Waals surface area contributed by atoms with E-state index in [1.807, 2.05) is 24.3 Å². The number of methoxy groups -OCH3 is 3. The monoisotopic (exact) mass is 419 g/mol. The molecule has 2 N–H and O–H groups in total. The van der Waals surface area contributed by atoms with E-state index in [9.17, 15) is 9.90 Å². The Balaban J connectivity index is 1.90. The number of benzene rings is 2. The molecule has 1 fully saturated rings. The number of Topliss-reactive ketones (excluding diaryl/α,β-unsaturated/α-hetero) is 1. The molecule has 0 aliphatic carbocycles. The first-order valence-corrected chi connectivity index (χ1v) is 9.81. The average molecular weight is 420 g/mol. The summed E-state index contributed by atoms with van der Waals surface area (Å²) < 4.78 is 15.9. The minimum atomic E-state index is -1.18. The third kappa shape index (κ3) is 4.34. The topological polar surface area (TPSA) is 77.0 Å². The number of hydrogen-bond donors (Lipinski definition) is 2. The van der Waals surface area contributed by atoms with Crippen LogP contribution in [0.25, 0.3) is 0 Å². The van der Waals surface area contributed by atoms with Gasteiger partial charge in [0.2, 0.25) is 5.75 Å². The van der Waals surface area contributed by atoms with Crippen LogP contribution >= 0.6 is 11.6 Å². The highest BCUT2D eigenvalue weighted by atomic mass is 35.5. The standard InChI is InChI=1S/C22H26ClNO5/c1-27-18-9-14(10-19(28-2)21(18)29-3)20(26)17(25)12-22(7-8-24-13-22)15-5-4-6-16(23)11-15/h4-6,9-11,17,24-25H,7-8,12-13H2,1-3H3. The smallest absolute Gasteiger partial charge is 0.203 e. The molecule has 2 atom stereocenters. The van der Waals surface area contributed by atoms with Crippen molar-refractivity contribution in [2.24, 2.45) is 0 Å². The lowest BCUT2D eigenvalue weighted by atomic mass is 9.74. The van der Waals surface area contributed by atoms with Crippen LogP contribution in [-0.4, -0.2) is 51.4 Å². The molecule has 3 rings (SSSR count). The van der Waals surface area contributed by atoms with E-state index in [0.29, 0.717) is 34.4 Å². The SMILES string of the molecule is COc1cc(C(=O)C(O)CC2(c3cccc(Cl)c3)CCNC2)cc(OC)c1OC. The van der Waals surface area contributed by atoms with Crippen molar-refractivity contribution >= 4 is 17.4 Å². The fourth-order valence-corrected chi connectivity index (χ4v) is 4.17. The Labute approximate surface area is 175 Å². The number of halogens is 1. The third-order valence-corrected chi connectivity index (χ3v) is 5.75. The zero-order valence-electron chi connectivity index (χ0n) is 16.8. The molecule has 1 heterocycles. The predicted molar refractivity (Wildman–Crippen MR) is 112 cm³/mol. The van der Waals surface area contributed by atoms with Crippen LogP contribution in [0, 0.1) is 0 Å². The largest absolute Gasteiger partial charge is 0.493 e. The van der Waals surface area contributed by atoms with E-state index in [1.54, 1.807) is 12.1 Å². The van der Waals surface area contributed by atoms with Crippen molar-refractivity contribution in [1.82, 2.24) is 5.32 Å². The maximum Gasteiger partial charge on any atom is 0.203 e. The van der Waals surface area contributed by atoms with Gasteiger partial charge in [0.15, 0.2) is 17.3 Å². The Hall–Kier alpha value is -2.28. The van der Waals surface area contributed by atoms with Crippen molar-refractivity contribution in [3.05, 3.63) is 52.5 Å². The van der Waals surface area contributed by atoms with Crippen molar-refractivity contribution in [1.29, 1.82) is 0 Å². The summed E-state index contributed by atoms with van der Waals surface area (Å²) in [5.74, 6) is 0.748. The second kappa shape index (κ2) is 9.03. The van der Waals surface area contributed by atoms with E-state index in [0.717, 1.165) is 18.5 Å². The summed E-state index contributed by atoms with van der Waals surface area (Å²) in [6.07, 6.45) is -0.0836. The number of ketones is 1. The van der Waals surface area contributed by atoms with Crippen molar-refractivity contribution in [2.45, 2.75) is 24.4 Å². The van der Waals surface area contributed by atoms with Gasteiger partial charge in [-0.15, -0.1) is 0 Å². The summed E-state index contributed by atoms with van der Waals surface area (Å²) in [4.78, 5) is 13.1. The van der Waals surface area contributed by atoms with Gasteiger partial charge in [0, 0.05) is 22.5 Å². The summed E-state index contributed by atoms with van der Waals surface area (Å²) in [5, 5.41) is 14.8. The summed E-state index contributed by atoms with van der Waals surface area (Å²) in [5.41, 5.74) is 0.964. The van der Waals surface area contributed by atoms with Gasteiger partial charge in [0.05, 0.1) is 21.3 Å². The second-order valence-electron chi connectivity index (χ2n) is 7.22. The van der Waals surface area contributed by atoms with Gasteiger partial charge >= 0.3 is 0 Å². The van der Waals surface area contributed by atoms with Crippen LogP contribution in [0.2, 0.25) is 5.02 Å². The lowest BCUT2D eigenvalue weighted by molar-refractivity contribution is 0.0677. The van der Waals surface area contributed by atoms with Gasteiger partial charge < -0.3 is 24.6 Å². The molecule has 7 heteroatoms. The van der Waals surface area contributed by atoms with Gasteiger partial charge in [-0.3, -0.25) is 4.79 Å². The number of ether oxygens (including phenoxy) is 3. The van der Waals surface area contributed by atoms with Crippen molar-refractivity contribution in [3.8, 4) is 17.2 Å². The molecule has 2 aromatic rings. The van der Waals surface area contributed by atoms with Gasteiger partial charge in [0.25, 0.3) is 0 Å². The number of carbonyl (C=O) groups excluding carboxylic acids is 1.